The first-order chi connectivity index (χ1) is 49.8. The minimum absolute atomic E-state index is 0.0839. The van der Waals surface area contributed by atoms with Crippen LogP contribution in [0.5, 0.6) is 0 Å². The number of hydrogen-bond donors (Lipinski definition) is 3. The van der Waals surface area contributed by atoms with Crippen LogP contribution in [0, 0.1) is 17.8 Å². The predicted octanol–water partition coefficient (Wildman–Crippen LogP) is 24.9. The summed E-state index contributed by atoms with van der Waals surface area (Å²) in [6, 6.07) is 0. The fourth-order valence-corrected chi connectivity index (χ4v) is 14.0. The Morgan fingerprint density at radius 3 is 0.864 bits per heavy atom. The van der Waals surface area contributed by atoms with Crippen molar-refractivity contribution in [2.24, 2.45) is 17.8 Å². The van der Waals surface area contributed by atoms with E-state index in [0.717, 1.165) is 121 Å². The molecule has 0 amide bonds. The number of phosphoric ester groups is 2. The lowest BCUT2D eigenvalue weighted by Crippen LogP contribution is -2.30. The Bertz CT molecular complexity index is 2090. The highest BCUT2D eigenvalue weighted by Gasteiger charge is 2.30. The molecule has 0 aromatic carbocycles. The zero-order valence-electron chi connectivity index (χ0n) is 67.3. The van der Waals surface area contributed by atoms with Gasteiger partial charge in [-0.1, -0.05) is 362 Å². The van der Waals surface area contributed by atoms with Crippen LogP contribution < -0.4 is 0 Å². The highest BCUT2D eigenvalue weighted by molar-refractivity contribution is 7.47. The highest BCUT2D eigenvalue weighted by Crippen LogP contribution is 2.45. The monoisotopic (exact) mass is 1500 g/mol. The molecule has 0 aromatic heterocycles. The lowest BCUT2D eigenvalue weighted by atomic mass is 9.99. The van der Waals surface area contributed by atoms with Crippen LogP contribution in [0.15, 0.2) is 24.3 Å². The van der Waals surface area contributed by atoms with Crippen LogP contribution in [0.1, 0.15) is 414 Å². The first kappa shape index (κ1) is 101. The Balaban J connectivity index is 5.24. The summed E-state index contributed by atoms with van der Waals surface area (Å²) in [6.07, 6.45) is 66.2. The van der Waals surface area contributed by atoms with Crippen molar-refractivity contribution in [1.82, 2.24) is 0 Å². The third kappa shape index (κ3) is 76.1. The summed E-state index contributed by atoms with van der Waals surface area (Å²) in [6.45, 7) is 11.9. The summed E-state index contributed by atoms with van der Waals surface area (Å²) in [5, 5.41) is 10.6. The second-order valence-electron chi connectivity index (χ2n) is 30.7. The Labute approximate surface area is 631 Å². The zero-order chi connectivity index (χ0) is 75.8. The smallest absolute Gasteiger partial charge is 0.462 e. The number of hydrogen-bond acceptors (Lipinski definition) is 15. The summed E-state index contributed by atoms with van der Waals surface area (Å²) < 4.78 is 68.7. The Kier molecular flexibility index (Phi) is 71.9. The maximum atomic E-state index is 13.1. The van der Waals surface area contributed by atoms with Crippen LogP contribution in [-0.2, 0) is 65.4 Å². The number of aliphatic hydroxyl groups is 1. The quantitative estimate of drug-likeness (QED) is 0.0169. The average Bonchev–Trinajstić information content (AvgIpc) is 0.947. The molecule has 103 heavy (non-hydrogen) atoms. The summed E-state index contributed by atoms with van der Waals surface area (Å²) in [5.74, 6) is 0.202. The summed E-state index contributed by atoms with van der Waals surface area (Å²) in [7, 11) is -9.94. The number of unbranched alkanes of at least 4 members (excludes halogenated alkanes) is 44. The molecule has 0 spiro atoms. The standard InChI is InChI=1S/C84H160O17P2/c1-8-10-11-12-13-14-15-16-21-29-34-39-44-53-60-68-84(89)101-80(72-95-82(87)66-59-52-47-46-49-56-63-76(5)6)74-99-103(92,93)97-70-78(85)69-96-102(90,91)98-73-79(100-83(88)67-61-54-45-40-35-30-25-24-27-32-37-42-50-57-64-77(7)9-2)71-94-81(86)65-58-51-43-38-33-28-23-20-18-17-19-22-26-31-36-41-48-55-62-75(3)4/h14-16,21,75-80,85H,8-13,17-20,22-74H2,1-7H3,(H,90,91)(H,92,93)/b15-14-,21-16-/t77?,78-,79-,80-/m1/s1. The van der Waals surface area contributed by atoms with Gasteiger partial charge in [-0.25, -0.2) is 9.13 Å². The van der Waals surface area contributed by atoms with Crippen molar-refractivity contribution in [3.63, 3.8) is 0 Å². The lowest BCUT2D eigenvalue weighted by Gasteiger charge is -2.21. The summed E-state index contributed by atoms with van der Waals surface area (Å²) in [4.78, 5) is 73.0. The van der Waals surface area contributed by atoms with Gasteiger partial charge < -0.3 is 33.8 Å². The largest absolute Gasteiger partial charge is 0.472 e. The first-order valence-corrected chi connectivity index (χ1v) is 45.7. The van der Waals surface area contributed by atoms with E-state index in [0.29, 0.717) is 31.6 Å². The summed E-state index contributed by atoms with van der Waals surface area (Å²) in [5.41, 5.74) is 0. The third-order valence-corrected chi connectivity index (χ3v) is 21.3. The molecule has 0 bridgehead atoms. The normalized spacial score (nSPS) is 14.3. The van der Waals surface area contributed by atoms with Crippen molar-refractivity contribution >= 4 is 39.5 Å². The number of carbonyl (C=O) groups is 4. The molecule has 17 nitrogen and oxygen atoms in total. The predicted molar refractivity (Wildman–Crippen MR) is 423 cm³/mol. The molecule has 6 atom stereocenters. The van der Waals surface area contributed by atoms with Crippen LogP contribution in [0.2, 0.25) is 0 Å². The van der Waals surface area contributed by atoms with Crippen molar-refractivity contribution in [1.29, 1.82) is 0 Å². The van der Waals surface area contributed by atoms with Crippen molar-refractivity contribution in [3.05, 3.63) is 24.3 Å². The fraction of sp³-hybridized carbons (Fsp3) is 0.905. The molecule has 19 heteroatoms. The number of allylic oxidation sites excluding steroid dienone is 4. The number of ether oxygens (including phenoxy) is 4. The van der Waals surface area contributed by atoms with Crippen molar-refractivity contribution in [2.75, 3.05) is 39.6 Å². The number of carbonyl (C=O) groups excluding carboxylic acids is 4. The molecule has 0 saturated heterocycles. The van der Waals surface area contributed by atoms with Gasteiger partial charge in [0.25, 0.3) is 0 Å². The molecule has 0 aromatic rings. The minimum Gasteiger partial charge on any atom is -0.462 e. The average molecular weight is 1500 g/mol. The molecule has 0 rings (SSSR count). The lowest BCUT2D eigenvalue weighted by molar-refractivity contribution is -0.161. The maximum Gasteiger partial charge on any atom is 0.472 e. The number of esters is 4. The van der Waals surface area contributed by atoms with Crippen LogP contribution in [-0.4, -0.2) is 96.7 Å². The topological polar surface area (TPSA) is 237 Å². The van der Waals surface area contributed by atoms with Crippen molar-refractivity contribution < 1.29 is 80.2 Å². The molecular weight excluding hydrogens is 1340 g/mol. The van der Waals surface area contributed by atoms with Gasteiger partial charge in [-0.2, -0.15) is 0 Å². The van der Waals surface area contributed by atoms with Crippen LogP contribution in [0.4, 0.5) is 0 Å². The van der Waals surface area contributed by atoms with E-state index in [2.05, 4.69) is 72.8 Å². The summed E-state index contributed by atoms with van der Waals surface area (Å²) >= 11 is 0. The molecular formula is C84H160O17P2. The van der Waals surface area contributed by atoms with Crippen LogP contribution in [0.3, 0.4) is 0 Å². The van der Waals surface area contributed by atoms with Gasteiger partial charge in [-0.3, -0.25) is 37.3 Å². The Morgan fingerprint density at radius 1 is 0.320 bits per heavy atom. The second-order valence-corrected chi connectivity index (χ2v) is 33.6. The number of aliphatic hydroxyl groups excluding tert-OH is 1. The maximum absolute atomic E-state index is 13.1. The third-order valence-electron chi connectivity index (χ3n) is 19.4. The zero-order valence-corrected chi connectivity index (χ0v) is 69.1. The molecule has 0 aliphatic rings. The van der Waals surface area contributed by atoms with E-state index in [1.54, 1.807) is 0 Å². The minimum atomic E-state index is -4.97. The van der Waals surface area contributed by atoms with Gasteiger partial charge in [0, 0.05) is 25.7 Å². The van der Waals surface area contributed by atoms with Gasteiger partial charge in [0.2, 0.25) is 0 Å². The molecule has 0 fully saturated rings. The van der Waals surface area contributed by atoms with E-state index < -0.39 is 97.5 Å². The van der Waals surface area contributed by atoms with Crippen LogP contribution >= 0.6 is 15.6 Å². The molecule has 608 valence electrons. The van der Waals surface area contributed by atoms with Crippen molar-refractivity contribution in [2.45, 2.75) is 433 Å². The molecule has 3 N–H and O–H groups in total. The second kappa shape index (κ2) is 73.7. The Hall–Kier alpha value is -2.46. The van der Waals surface area contributed by atoms with E-state index in [4.69, 9.17) is 37.0 Å². The Morgan fingerprint density at radius 2 is 0.573 bits per heavy atom. The van der Waals surface area contributed by atoms with E-state index in [1.165, 1.54) is 205 Å². The van der Waals surface area contributed by atoms with Gasteiger partial charge in [0.1, 0.15) is 19.3 Å². The molecule has 0 aliphatic heterocycles. The SMILES string of the molecule is CCCCCC/C=C\C=C/CCCCCCCC(=O)O[C@H](COC(=O)CCCCCCCCC(C)C)COP(=O)(O)OC[C@H](O)COP(=O)(O)OC[C@@H](COC(=O)CCCCCCCCCCCCCCCCCCCCC(C)C)OC(=O)CCCCCCCCCCCCCCCCC(C)CC. The molecule has 0 saturated carbocycles. The van der Waals surface area contributed by atoms with Gasteiger partial charge in [0.05, 0.1) is 26.4 Å². The van der Waals surface area contributed by atoms with E-state index in [-0.39, 0.29) is 25.7 Å². The molecule has 3 unspecified atom stereocenters. The van der Waals surface area contributed by atoms with Gasteiger partial charge in [-0.15, -0.1) is 0 Å². The fourth-order valence-electron chi connectivity index (χ4n) is 12.4. The van der Waals surface area contributed by atoms with E-state index >= 15 is 0 Å². The van der Waals surface area contributed by atoms with Crippen molar-refractivity contribution in [3.8, 4) is 0 Å². The van der Waals surface area contributed by atoms with Gasteiger partial charge >= 0.3 is 39.5 Å². The van der Waals surface area contributed by atoms with E-state index in [1.807, 2.05) is 0 Å². The van der Waals surface area contributed by atoms with E-state index in [9.17, 15) is 43.2 Å². The number of rotatable bonds is 80. The van der Waals surface area contributed by atoms with Crippen LogP contribution in [0.25, 0.3) is 0 Å². The van der Waals surface area contributed by atoms with Gasteiger partial charge in [0.15, 0.2) is 12.2 Å². The molecule has 0 aliphatic carbocycles. The molecule has 0 radical (unpaired) electrons. The highest BCUT2D eigenvalue weighted by atomic mass is 31.2. The first-order valence-electron chi connectivity index (χ1n) is 42.7. The molecule has 0 heterocycles. The number of phosphoric acid groups is 2. The van der Waals surface area contributed by atoms with Gasteiger partial charge in [-0.05, 0) is 69.1 Å².